The van der Waals surface area contributed by atoms with Gasteiger partial charge < -0.3 is 20.1 Å². The molecule has 1 saturated heterocycles. The Hall–Kier alpha value is -2.28. The highest BCUT2D eigenvalue weighted by Crippen LogP contribution is 2.21. The summed E-state index contributed by atoms with van der Waals surface area (Å²) in [5.41, 5.74) is 6.14. The number of likely N-dealkylation sites (tertiary alicyclic amines) is 1. The minimum absolute atomic E-state index is 0.326. The van der Waals surface area contributed by atoms with E-state index in [0.29, 0.717) is 23.7 Å². The normalized spacial score (nSPS) is 17.0. The lowest BCUT2D eigenvalue weighted by atomic mass is 10.0. The zero-order chi connectivity index (χ0) is 18.4. The van der Waals surface area contributed by atoms with Gasteiger partial charge in [0.1, 0.15) is 11.8 Å². The zero-order valence-electron chi connectivity index (χ0n) is 14.0. The van der Waals surface area contributed by atoms with Gasteiger partial charge in [-0.1, -0.05) is 11.6 Å². The van der Waals surface area contributed by atoms with Gasteiger partial charge in [-0.3, -0.25) is 9.59 Å². The van der Waals surface area contributed by atoms with Crippen molar-refractivity contribution in [2.24, 2.45) is 5.73 Å². The number of hydrogen-bond acceptors (Lipinski definition) is 5. The summed E-state index contributed by atoms with van der Waals surface area (Å²) < 4.78 is 10.2. The molecule has 1 aliphatic rings. The van der Waals surface area contributed by atoms with Crippen LogP contribution < -0.4 is 10.5 Å². The van der Waals surface area contributed by atoms with Gasteiger partial charge in [0.25, 0.3) is 5.91 Å². The SMILES string of the molecule is Cc1cc(OCC(=O)OCC(=O)N2CCCC[C@@H]2C(N)=O)ccc1Cl. The number of carbonyl (C=O) groups excluding carboxylic acids is 3. The van der Waals surface area contributed by atoms with Crippen LogP contribution in [-0.4, -0.2) is 48.5 Å². The van der Waals surface area contributed by atoms with Crippen LogP contribution in [0.5, 0.6) is 5.75 Å². The summed E-state index contributed by atoms with van der Waals surface area (Å²) in [6.07, 6.45) is 2.17. The second-order valence-electron chi connectivity index (χ2n) is 5.86. The van der Waals surface area contributed by atoms with Crippen LogP contribution in [0.25, 0.3) is 0 Å². The van der Waals surface area contributed by atoms with Crippen LogP contribution in [0.1, 0.15) is 24.8 Å². The topological polar surface area (TPSA) is 98.9 Å². The molecule has 7 nitrogen and oxygen atoms in total. The van der Waals surface area contributed by atoms with E-state index in [1.807, 2.05) is 6.92 Å². The van der Waals surface area contributed by atoms with Crippen molar-refractivity contribution in [2.75, 3.05) is 19.8 Å². The minimum Gasteiger partial charge on any atom is -0.482 e. The molecule has 2 rings (SSSR count). The number of carbonyl (C=O) groups is 3. The number of amides is 2. The number of piperidine rings is 1. The first-order valence-corrected chi connectivity index (χ1v) is 8.39. The first-order valence-electron chi connectivity index (χ1n) is 8.02. The summed E-state index contributed by atoms with van der Waals surface area (Å²) in [7, 11) is 0. The summed E-state index contributed by atoms with van der Waals surface area (Å²) in [5.74, 6) is -1.16. The predicted molar refractivity (Wildman–Crippen MR) is 91.2 cm³/mol. The Morgan fingerprint density at radius 2 is 2.04 bits per heavy atom. The van der Waals surface area contributed by atoms with E-state index < -0.39 is 30.4 Å². The lowest BCUT2D eigenvalue weighted by molar-refractivity contribution is -0.156. The average molecular weight is 369 g/mol. The summed E-state index contributed by atoms with van der Waals surface area (Å²) in [5, 5.41) is 0.603. The van der Waals surface area contributed by atoms with E-state index in [1.165, 1.54) is 4.90 Å². The molecular weight excluding hydrogens is 348 g/mol. The molecule has 0 unspecified atom stereocenters. The highest BCUT2D eigenvalue weighted by molar-refractivity contribution is 6.31. The Labute approximate surface area is 151 Å². The summed E-state index contributed by atoms with van der Waals surface area (Å²) >= 11 is 5.91. The number of nitrogens with two attached hydrogens (primary N) is 1. The third-order valence-electron chi connectivity index (χ3n) is 3.99. The van der Waals surface area contributed by atoms with Crippen molar-refractivity contribution in [3.63, 3.8) is 0 Å². The maximum Gasteiger partial charge on any atom is 0.344 e. The lowest BCUT2D eigenvalue weighted by Gasteiger charge is -2.33. The monoisotopic (exact) mass is 368 g/mol. The van der Waals surface area contributed by atoms with Crippen molar-refractivity contribution in [2.45, 2.75) is 32.2 Å². The molecule has 0 aromatic heterocycles. The van der Waals surface area contributed by atoms with Gasteiger partial charge in [0.15, 0.2) is 13.2 Å². The molecule has 0 aliphatic carbocycles. The quantitative estimate of drug-likeness (QED) is 0.766. The number of rotatable bonds is 6. The largest absolute Gasteiger partial charge is 0.482 e. The molecule has 1 heterocycles. The molecule has 1 atom stereocenters. The second-order valence-corrected chi connectivity index (χ2v) is 6.27. The third-order valence-corrected chi connectivity index (χ3v) is 4.42. The van der Waals surface area contributed by atoms with Crippen molar-refractivity contribution < 1.29 is 23.9 Å². The first kappa shape index (κ1) is 19.1. The lowest BCUT2D eigenvalue weighted by Crippen LogP contribution is -2.51. The highest BCUT2D eigenvalue weighted by Gasteiger charge is 2.30. The van der Waals surface area contributed by atoms with Crippen LogP contribution in [0.4, 0.5) is 0 Å². The summed E-state index contributed by atoms with van der Waals surface area (Å²) in [4.78, 5) is 36.7. The zero-order valence-corrected chi connectivity index (χ0v) is 14.8. The number of benzene rings is 1. The number of aryl methyl sites for hydroxylation is 1. The highest BCUT2D eigenvalue weighted by atomic mass is 35.5. The van der Waals surface area contributed by atoms with E-state index >= 15 is 0 Å². The van der Waals surface area contributed by atoms with Crippen LogP contribution in [0.3, 0.4) is 0 Å². The smallest absolute Gasteiger partial charge is 0.344 e. The number of primary amides is 1. The van der Waals surface area contributed by atoms with E-state index in [9.17, 15) is 14.4 Å². The third kappa shape index (κ3) is 5.35. The maximum atomic E-state index is 12.2. The molecule has 1 aliphatic heterocycles. The Kier molecular flexibility index (Phi) is 6.64. The Balaban J connectivity index is 1.79. The Morgan fingerprint density at radius 1 is 1.28 bits per heavy atom. The summed E-state index contributed by atoms with van der Waals surface area (Å²) in [6, 6.07) is 4.38. The van der Waals surface area contributed by atoms with E-state index in [4.69, 9.17) is 26.8 Å². The van der Waals surface area contributed by atoms with Crippen LogP contribution in [0.15, 0.2) is 18.2 Å². The molecule has 0 saturated carbocycles. The van der Waals surface area contributed by atoms with Gasteiger partial charge in [-0.15, -0.1) is 0 Å². The van der Waals surface area contributed by atoms with Crippen molar-refractivity contribution >= 4 is 29.4 Å². The fraction of sp³-hybridized carbons (Fsp3) is 0.471. The van der Waals surface area contributed by atoms with Crippen molar-refractivity contribution in [1.29, 1.82) is 0 Å². The van der Waals surface area contributed by atoms with Crippen molar-refractivity contribution in [1.82, 2.24) is 4.90 Å². The fourth-order valence-electron chi connectivity index (χ4n) is 2.64. The van der Waals surface area contributed by atoms with Crippen LogP contribution in [-0.2, 0) is 19.1 Å². The van der Waals surface area contributed by atoms with Crippen LogP contribution in [0, 0.1) is 6.92 Å². The standard InChI is InChI=1S/C17H21ClN2O5/c1-11-8-12(5-6-13(11)18)24-10-16(22)25-9-15(21)20-7-3-2-4-14(20)17(19)23/h5-6,8,14H,2-4,7,9-10H2,1H3,(H2,19,23)/t14-/m1/s1. The first-order chi connectivity index (χ1) is 11.9. The Morgan fingerprint density at radius 3 is 2.72 bits per heavy atom. The molecular formula is C17H21ClN2O5. The van der Waals surface area contributed by atoms with Gasteiger partial charge in [-0.25, -0.2) is 4.79 Å². The maximum absolute atomic E-state index is 12.2. The molecule has 0 radical (unpaired) electrons. The summed E-state index contributed by atoms with van der Waals surface area (Å²) in [6.45, 7) is 1.49. The van der Waals surface area contributed by atoms with Gasteiger partial charge in [0.2, 0.25) is 5.91 Å². The number of ether oxygens (including phenoxy) is 2. The van der Waals surface area contributed by atoms with Gasteiger partial charge in [-0.05, 0) is 49.9 Å². The molecule has 136 valence electrons. The van der Waals surface area contributed by atoms with E-state index in [0.717, 1.165) is 18.4 Å². The van der Waals surface area contributed by atoms with Crippen molar-refractivity contribution in [3.8, 4) is 5.75 Å². The average Bonchev–Trinajstić information content (AvgIpc) is 2.60. The molecule has 2 amide bonds. The number of hydrogen-bond donors (Lipinski definition) is 1. The van der Waals surface area contributed by atoms with E-state index in [2.05, 4.69) is 0 Å². The molecule has 1 fully saturated rings. The van der Waals surface area contributed by atoms with Crippen LogP contribution in [0.2, 0.25) is 5.02 Å². The number of halogens is 1. The van der Waals surface area contributed by atoms with Crippen LogP contribution >= 0.6 is 11.6 Å². The van der Waals surface area contributed by atoms with Gasteiger partial charge in [-0.2, -0.15) is 0 Å². The molecule has 1 aromatic carbocycles. The Bertz CT molecular complexity index is 664. The fourth-order valence-corrected chi connectivity index (χ4v) is 2.76. The van der Waals surface area contributed by atoms with E-state index in [-0.39, 0.29) is 6.61 Å². The second kappa shape index (κ2) is 8.71. The molecule has 25 heavy (non-hydrogen) atoms. The van der Waals surface area contributed by atoms with E-state index in [1.54, 1.807) is 18.2 Å². The van der Waals surface area contributed by atoms with Gasteiger partial charge in [0, 0.05) is 11.6 Å². The van der Waals surface area contributed by atoms with Crippen molar-refractivity contribution in [3.05, 3.63) is 28.8 Å². The van der Waals surface area contributed by atoms with Gasteiger partial charge in [0.05, 0.1) is 0 Å². The minimum atomic E-state index is -0.673. The molecule has 2 N–H and O–H groups in total. The number of esters is 1. The molecule has 0 bridgehead atoms. The molecule has 8 heteroatoms. The molecule has 1 aromatic rings. The van der Waals surface area contributed by atoms with Gasteiger partial charge >= 0.3 is 5.97 Å². The predicted octanol–water partition coefficient (Wildman–Crippen LogP) is 1.44. The number of nitrogens with zero attached hydrogens (tertiary/aromatic N) is 1. The molecule has 0 spiro atoms.